The zero-order chi connectivity index (χ0) is 22.7. The van der Waals surface area contributed by atoms with E-state index in [1.54, 1.807) is 12.1 Å². The van der Waals surface area contributed by atoms with Gasteiger partial charge in [-0.25, -0.2) is 4.79 Å². The lowest BCUT2D eigenvalue weighted by Gasteiger charge is -2.37. The van der Waals surface area contributed by atoms with Crippen molar-refractivity contribution < 1.29 is 14.3 Å². The maximum Gasteiger partial charge on any atom is 0.409 e. The number of aryl methyl sites for hydroxylation is 1. The fourth-order valence-corrected chi connectivity index (χ4v) is 4.95. The average molecular weight is 567 g/mol. The Kier molecular flexibility index (Phi) is 7.36. The van der Waals surface area contributed by atoms with Gasteiger partial charge in [-0.1, -0.05) is 40.3 Å². The van der Waals surface area contributed by atoms with Gasteiger partial charge in [0.15, 0.2) is 0 Å². The second-order valence-corrected chi connectivity index (χ2v) is 9.49. The maximum atomic E-state index is 13.3. The van der Waals surface area contributed by atoms with Crippen molar-refractivity contribution in [2.45, 2.75) is 38.1 Å². The second-order valence-electron chi connectivity index (χ2n) is 8.04. The summed E-state index contributed by atoms with van der Waals surface area (Å²) in [5.41, 5.74) is 3.31. The molecule has 0 spiro atoms. The molecular formula is C23H24ClIN4O3. The molecule has 1 aromatic heterocycles. The number of aromatic nitrogens is 1. The van der Waals surface area contributed by atoms with Gasteiger partial charge in [-0.15, -0.1) is 0 Å². The van der Waals surface area contributed by atoms with Crippen molar-refractivity contribution in [1.29, 1.82) is 5.26 Å². The van der Waals surface area contributed by atoms with Gasteiger partial charge < -0.3 is 14.5 Å². The highest BCUT2D eigenvalue weighted by Crippen LogP contribution is 2.33. The Balaban J connectivity index is 1.52. The molecule has 1 aliphatic heterocycles. The summed E-state index contributed by atoms with van der Waals surface area (Å²) in [6.45, 7) is 1.10. The average Bonchev–Trinajstić information content (AvgIpc) is 2.83. The summed E-state index contributed by atoms with van der Waals surface area (Å²) in [7, 11) is 0. The van der Waals surface area contributed by atoms with Crippen LogP contribution in [0.4, 0.5) is 4.79 Å². The molecule has 1 fully saturated rings. The largest absolute Gasteiger partial charge is 0.449 e. The molecule has 2 heterocycles. The van der Waals surface area contributed by atoms with Gasteiger partial charge in [-0.3, -0.25) is 9.78 Å². The van der Waals surface area contributed by atoms with Crippen LogP contribution in [0.5, 0.6) is 0 Å². The summed E-state index contributed by atoms with van der Waals surface area (Å²) in [6.07, 6.45) is 4.40. The summed E-state index contributed by atoms with van der Waals surface area (Å²) in [5, 5.41) is 11.2. The van der Waals surface area contributed by atoms with E-state index < -0.39 is 12.1 Å². The summed E-state index contributed by atoms with van der Waals surface area (Å²) >= 11 is 8.88. The number of carbonyl (C=O) groups is 2. The molecule has 32 heavy (non-hydrogen) atoms. The zero-order valence-electron chi connectivity index (χ0n) is 17.6. The van der Waals surface area contributed by atoms with E-state index in [4.69, 9.17) is 21.3 Å². The first-order chi connectivity index (χ1) is 15.5. The van der Waals surface area contributed by atoms with Crippen LogP contribution >= 0.6 is 34.2 Å². The number of nitrogens with zero attached hydrogens (tertiary/aromatic N) is 4. The molecule has 1 aromatic carbocycles. The summed E-state index contributed by atoms with van der Waals surface area (Å²) in [5.74, 6) is -0.243. The molecule has 9 heteroatoms. The van der Waals surface area contributed by atoms with Gasteiger partial charge in [0.05, 0.1) is 29.8 Å². The lowest BCUT2D eigenvalue weighted by atomic mass is 9.94. The van der Waals surface area contributed by atoms with Crippen LogP contribution in [0, 0.1) is 11.3 Å². The van der Waals surface area contributed by atoms with E-state index in [1.807, 2.05) is 6.07 Å². The lowest BCUT2D eigenvalue weighted by Crippen LogP contribution is -2.56. The third kappa shape index (κ3) is 4.64. The van der Waals surface area contributed by atoms with Crippen molar-refractivity contribution in [1.82, 2.24) is 14.8 Å². The zero-order valence-corrected chi connectivity index (χ0v) is 20.6. The lowest BCUT2D eigenvalue weighted by molar-refractivity contribution is 0.0470. The van der Waals surface area contributed by atoms with Crippen molar-refractivity contribution in [2.24, 2.45) is 0 Å². The van der Waals surface area contributed by atoms with Crippen LogP contribution < -0.4 is 0 Å². The van der Waals surface area contributed by atoms with Crippen LogP contribution in [0.1, 0.15) is 40.9 Å². The first-order valence-corrected chi connectivity index (χ1v) is 12.7. The Morgan fingerprint density at radius 3 is 2.88 bits per heavy atom. The van der Waals surface area contributed by atoms with Gasteiger partial charge in [0.1, 0.15) is 6.04 Å². The van der Waals surface area contributed by atoms with E-state index in [0.717, 1.165) is 58.2 Å². The maximum absolute atomic E-state index is 13.3. The number of pyridine rings is 1. The van der Waals surface area contributed by atoms with Gasteiger partial charge in [0, 0.05) is 34.2 Å². The van der Waals surface area contributed by atoms with E-state index in [9.17, 15) is 14.9 Å². The molecule has 0 saturated carbocycles. The number of hydrogen-bond donors (Lipinski definition) is 0. The van der Waals surface area contributed by atoms with E-state index in [0.29, 0.717) is 24.2 Å². The number of alkyl halides is 1. The fraction of sp³-hybridized carbons (Fsp3) is 0.478. The number of nitriles is 1. The molecule has 0 bridgehead atoms. The number of ether oxygens (including phenoxy) is 1. The van der Waals surface area contributed by atoms with Crippen LogP contribution in [-0.2, 0) is 17.6 Å². The Bertz CT molecular complexity index is 1090. The number of hydrogen-bond acceptors (Lipinski definition) is 5. The van der Waals surface area contributed by atoms with E-state index in [-0.39, 0.29) is 19.0 Å². The van der Waals surface area contributed by atoms with Crippen LogP contribution in [0.3, 0.4) is 0 Å². The second kappa shape index (κ2) is 10.2. The highest BCUT2D eigenvalue weighted by atomic mass is 127. The quantitative estimate of drug-likeness (QED) is 0.312. The molecule has 2 aromatic rings. The molecule has 7 nitrogen and oxygen atoms in total. The molecule has 2 amide bonds. The smallest absolute Gasteiger partial charge is 0.409 e. The molecule has 0 N–H and O–H groups in total. The molecule has 1 unspecified atom stereocenters. The Morgan fingerprint density at radius 2 is 2.09 bits per heavy atom. The third-order valence-corrected chi connectivity index (χ3v) is 7.19. The van der Waals surface area contributed by atoms with Crippen LogP contribution in [0.15, 0.2) is 18.2 Å². The predicted octanol–water partition coefficient (Wildman–Crippen LogP) is 4.38. The highest BCUT2D eigenvalue weighted by Gasteiger charge is 2.34. The van der Waals surface area contributed by atoms with Crippen molar-refractivity contribution >= 4 is 57.1 Å². The molecule has 4 rings (SSSR count). The minimum atomic E-state index is -0.732. The predicted molar refractivity (Wildman–Crippen MR) is 130 cm³/mol. The summed E-state index contributed by atoms with van der Waals surface area (Å²) in [4.78, 5) is 33.3. The number of halogens is 2. The van der Waals surface area contributed by atoms with Crippen molar-refractivity contribution in [3.63, 3.8) is 0 Å². The fourth-order valence-electron chi connectivity index (χ4n) is 4.27. The van der Waals surface area contributed by atoms with E-state index in [2.05, 4.69) is 28.7 Å². The standard InChI is InChI=1S/C23H24ClIN4O3/c24-21-17-4-1-2-5-19(17)27-20-12-15(6-7-18(20)21)22(30)29-10-9-28(14-16(29)13-26)23(31)32-11-3-8-25/h6-7,12,16H,1-5,8-11,14H2. The van der Waals surface area contributed by atoms with Crippen molar-refractivity contribution in [2.75, 3.05) is 30.7 Å². The van der Waals surface area contributed by atoms with Gasteiger partial charge in [0.25, 0.3) is 5.91 Å². The molecule has 0 radical (unpaired) electrons. The van der Waals surface area contributed by atoms with Crippen LogP contribution in [0.2, 0.25) is 5.02 Å². The number of amides is 2. The summed E-state index contributed by atoms with van der Waals surface area (Å²) in [6, 6.07) is 6.78. The van der Waals surface area contributed by atoms with Crippen LogP contribution in [0.25, 0.3) is 10.9 Å². The Hall–Kier alpha value is -2.12. The molecule has 1 atom stereocenters. The monoisotopic (exact) mass is 566 g/mol. The molecular weight excluding hydrogens is 543 g/mol. The van der Waals surface area contributed by atoms with Gasteiger partial charge in [-0.05, 0) is 49.8 Å². The first-order valence-electron chi connectivity index (χ1n) is 10.8. The number of fused-ring (bicyclic) bond motifs is 2. The van der Waals surface area contributed by atoms with Gasteiger partial charge in [0.2, 0.25) is 0 Å². The minimum absolute atomic E-state index is 0.135. The molecule has 168 valence electrons. The number of piperazine rings is 1. The SMILES string of the molecule is N#CC1CN(C(=O)OCCCI)CCN1C(=O)c1ccc2c(Cl)c3c(nc2c1)CCCC3. The third-order valence-electron chi connectivity index (χ3n) is 5.99. The number of rotatable bonds is 4. The molecule has 2 aliphatic rings. The van der Waals surface area contributed by atoms with Crippen LogP contribution in [-0.4, -0.2) is 63.5 Å². The van der Waals surface area contributed by atoms with Crippen molar-refractivity contribution in [3.8, 4) is 6.07 Å². The molecule has 1 saturated heterocycles. The Labute approximate surface area is 205 Å². The van der Waals surface area contributed by atoms with Gasteiger partial charge >= 0.3 is 6.09 Å². The molecule has 1 aliphatic carbocycles. The van der Waals surface area contributed by atoms with E-state index >= 15 is 0 Å². The van der Waals surface area contributed by atoms with Gasteiger partial charge in [-0.2, -0.15) is 5.26 Å². The summed E-state index contributed by atoms with van der Waals surface area (Å²) < 4.78 is 6.15. The Morgan fingerprint density at radius 1 is 1.28 bits per heavy atom. The number of benzene rings is 1. The van der Waals surface area contributed by atoms with E-state index in [1.165, 1.54) is 9.80 Å². The minimum Gasteiger partial charge on any atom is -0.449 e. The topological polar surface area (TPSA) is 86.5 Å². The number of carbonyl (C=O) groups excluding carboxylic acids is 2. The first kappa shape index (κ1) is 23.1. The highest BCUT2D eigenvalue weighted by molar-refractivity contribution is 14.1. The van der Waals surface area contributed by atoms with Crippen molar-refractivity contribution in [3.05, 3.63) is 40.0 Å². The normalized spacial score (nSPS) is 18.2.